The SMILES string of the molecule is CC(=O)CC1(C(=O)O)CCN(C(=O)OCc2ccccc2)CC1. The zero-order valence-electron chi connectivity index (χ0n) is 13.2. The maximum Gasteiger partial charge on any atom is 0.410 e. The first kappa shape index (κ1) is 17.0. The van der Waals surface area contributed by atoms with Gasteiger partial charge in [-0.25, -0.2) is 4.79 Å². The molecule has 1 amide bonds. The lowest BCUT2D eigenvalue weighted by atomic mass is 9.75. The van der Waals surface area contributed by atoms with Gasteiger partial charge in [-0.15, -0.1) is 0 Å². The van der Waals surface area contributed by atoms with Gasteiger partial charge in [0.15, 0.2) is 0 Å². The van der Waals surface area contributed by atoms with E-state index in [0.29, 0.717) is 0 Å². The van der Waals surface area contributed by atoms with E-state index in [-0.39, 0.29) is 44.7 Å². The van der Waals surface area contributed by atoms with Crippen molar-refractivity contribution in [2.75, 3.05) is 13.1 Å². The van der Waals surface area contributed by atoms with Gasteiger partial charge >= 0.3 is 12.1 Å². The van der Waals surface area contributed by atoms with Gasteiger partial charge in [0, 0.05) is 19.5 Å². The minimum atomic E-state index is -1.05. The van der Waals surface area contributed by atoms with E-state index in [1.807, 2.05) is 30.3 Å². The van der Waals surface area contributed by atoms with Crippen LogP contribution in [0.3, 0.4) is 0 Å². The number of piperidine rings is 1. The van der Waals surface area contributed by atoms with Crippen molar-refractivity contribution in [2.45, 2.75) is 32.8 Å². The van der Waals surface area contributed by atoms with Gasteiger partial charge in [0.2, 0.25) is 0 Å². The van der Waals surface area contributed by atoms with E-state index >= 15 is 0 Å². The number of carbonyl (C=O) groups excluding carboxylic acids is 2. The van der Waals surface area contributed by atoms with Gasteiger partial charge in [-0.05, 0) is 25.3 Å². The smallest absolute Gasteiger partial charge is 0.410 e. The number of likely N-dealkylation sites (tertiary alicyclic amines) is 1. The molecule has 23 heavy (non-hydrogen) atoms. The largest absolute Gasteiger partial charge is 0.481 e. The fourth-order valence-electron chi connectivity index (χ4n) is 2.87. The van der Waals surface area contributed by atoms with Crippen LogP contribution < -0.4 is 0 Å². The van der Waals surface area contributed by atoms with Crippen molar-refractivity contribution in [2.24, 2.45) is 5.41 Å². The second kappa shape index (κ2) is 7.26. The van der Waals surface area contributed by atoms with Crippen molar-refractivity contribution >= 4 is 17.8 Å². The summed E-state index contributed by atoms with van der Waals surface area (Å²) in [5.41, 5.74) is -0.156. The van der Waals surface area contributed by atoms with E-state index in [1.165, 1.54) is 11.8 Å². The number of aliphatic carboxylic acids is 1. The van der Waals surface area contributed by atoms with E-state index < -0.39 is 17.5 Å². The van der Waals surface area contributed by atoms with Crippen LogP contribution in [0.5, 0.6) is 0 Å². The molecule has 2 rings (SSSR count). The average Bonchev–Trinajstić information content (AvgIpc) is 2.53. The van der Waals surface area contributed by atoms with E-state index in [2.05, 4.69) is 0 Å². The molecule has 0 bridgehead atoms. The van der Waals surface area contributed by atoms with E-state index in [9.17, 15) is 19.5 Å². The van der Waals surface area contributed by atoms with Crippen LogP contribution in [0.15, 0.2) is 30.3 Å². The van der Waals surface area contributed by atoms with Gasteiger partial charge in [-0.3, -0.25) is 9.59 Å². The van der Waals surface area contributed by atoms with Crippen LogP contribution in [0.4, 0.5) is 4.79 Å². The number of carbonyl (C=O) groups is 3. The summed E-state index contributed by atoms with van der Waals surface area (Å²) in [4.78, 5) is 36.4. The Kier molecular flexibility index (Phi) is 5.36. The molecule has 0 saturated carbocycles. The molecule has 1 aromatic rings. The first-order valence-corrected chi connectivity index (χ1v) is 7.61. The molecule has 1 heterocycles. The number of ketones is 1. The summed E-state index contributed by atoms with van der Waals surface area (Å²) < 4.78 is 5.25. The minimum Gasteiger partial charge on any atom is -0.481 e. The lowest BCUT2D eigenvalue weighted by molar-refractivity contribution is -0.154. The van der Waals surface area contributed by atoms with Crippen LogP contribution >= 0.6 is 0 Å². The second-order valence-corrected chi connectivity index (χ2v) is 5.99. The third-order valence-electron chi connectivity index (χ3n) is 4.22. The Bertz CT molecular complexity index is 576. The van der Waals surface area contributed by atoms with Crippen molar-refractivity contribution < 1.29 is 24.2 Å². The normalized spacial score (nSPS) is 16.7. The summed E-state index contributed by atoms with van der Waals surface area (Å²) in [6.45, 7) is 2.15. The Balaban J connectivity index is 1.88. The number of rotatable bonds is 5. The number of ether oxygens (including phenoxy) is 1. The molecule has 1 fully saturated rings. The summed E-state index contributed by atoms with van der Waals surface area (Å²) in [5.74, 6) is -1.11. The standard InChI is InChI=1S/C17H21NO5/c1-13(19)11-17(15(20)21)7-9-18(10-8-17)16(22)23-12-14-5-3-2-4-6-14/h2-6H,7-12H2,1H3,(H,20,21). The van der Waals surface area contributed by atoms with Crippen LogP contribution in [0.1, 0.15) is 31.7 Å². The number of nitrogens with zero attached hydrogens (tertiary/aromatic N) is 1. The first-order chi connectivity index (χ1) is 10.9. The van der Waals surface area contributed by atoms with E-state index in [1.54, 1.807) is 0 Å². The van der Waals surface area contributed by atoms with Crippen molar-refractivity contribution in [3.05, 3.63) is 35.9 Å². The van der Waals surface area contributed by atoms with Crippen molar-refractivity contribution in [1.82, 2.24) is 4.90 Å². The highest BCUT2D eigenvalue weighted by Gasteiger charge is 2.43. The predicted octanol–water partition coefficient (Wildman–Crippen LogP) is 2.47. The fourth-order valence-corrected chi connectivity index (χ4v) is 2.87. The first-order valence-electron chi connectivity index (χ1n) is 7.61. The summed E-state index contributed by atoms with van der Waals surface area (Å²) in [6, 6.07) is 9.36. The fraction of sp³-hybridized carbons (Fsp3) is 0.471. The van der Waals surface area contributed by atoms with Gasteiger partial charge in [0.25, 0.3) is 0 Å². The van der Waals surface area contributed by atoms with Crippen LogP contribution in [0.2, 0.25) is 0 Å². The van der Waals surface area contributed by atoms with Gasteiger partial charge < -0.3 is 14.7 Å². The number of Topliss-reactive ketones (excluding diaryl/α,β-unsaturated/α-hetero) is 1. The quantitative estimate of drug-likeness (QED) is 0.901. The number of benzene rings is 1. The van der Waals surface area contributed by atoms with Gasteiger partial charge in [0.05, 0.1) is 5.41 Å². The van der Waals surface area contributed by atoms with Crippen LogP contribution in [0, 0.1) is 5.41 Å². The molecule has 0 aliphatic carbocycles. The van der Waals surface area contributed by atoms with Gasteiger partial charge in [0.1, 0.15) is 12.4 Å². The van der Waals surface area contributed by atoms with Crippen molar-refractivity contribution in [1.29, 1.82) is 0 Å². The van der Waals surface area contributed by atoms with Crippen molar-refractivity contribution in [3.63, 3.8) is 0 Å². The lowest BCUT2D eigenvalue weighted by Gasteiger charge is -2.37. The number of amides is 1. The van der Waals surface area contributed by atoms with Crippen LogP contribution in [-0.4, -0.2) is 40.9 Å². The summed E-state index contributed by atoms with van der Waals surface area (Å²) in [7, 11) is 0. The molecule has 0 aromatic heterocycles. The Labute approximate surface area is 135 Å². The molecule has 1 N–H and O–H groups in total. The molecule has 0 radical (unpaired) electrons. The molecule has 6 nitrogen and oxygen atoms in total. The highest BCUT2D eigenvalue weighted by Crippen LogP contribution is 2.35. The molecule has 124 valence electrons. The zero-order chi connectivity index (χ0) is 16.9. The Morgan fingerprint density at radius 2 is 1.78 bits per heavy atom. The molecule has 1 saturated heterocycles. The molecule has 1 aromatic carbocycles. The molecule has 0 atom stereocenters. The molecule has 0 spiro atoms. The molecule has 1 aliphatic heterocycles. The topological polar surface area (TPSA) is 83.9 Å². The number of carboxylic acids is 1. The Morgan fingerprint density at radius 1 is 1.17 bits per heavy atom. The Morgan fingerprint density at radius 3 is 2.30 bits per heavy atom. The van der Waals surface area contributed by atoms with Crippen LogP contribution in [0.25, 0.3) is 0 Å². The summed E-state index contributed by atoms with van der Waals surface area (Å²) >= 11 is 0. The number of hydrogen-bond donors (Lipinski definition) is 1. The third-order valence-corrected chi connectivity index (χ3v) is 4.22. The minimum absolute atomic E-state index is 0.00916. The number of carboxylic acid groups (broad SMARTS) is 1. The summed E-state index contributed by atoms with van der Waals surface area (Å²) in [6.07, 6.45) is 0.0931. The maximum atomic E-state index is 12.1. The summed E-state index contributed by atoms with van der Waals surface area (Å²) in [5, 5.41) is 9.43. The molecular formula is C17H21NO5. The molecule has 6 heteroatoms. The molecular weight excluding hydrogens is 298 g/mol. The third kappa shape index (κ3) is 4.31. The molecule has 0 unspecified atom stereocenters. The monoisotopic (exact) mass is 319 g/mol. The highest BCUT2D eigenvalue weighted by atomic mass is 16.6. The highest BCUT2D eigenvalue weighted by molar-refractivity contribution is 5.85. The lowest BCUT2D eigenvalue weighted by Crippen LogP contribution is -2.47. The average molecular weight is 319 g/mol. The predicted molar refractivity (Wildman–Crippen MR) is 82.8 cm³/mol. The second-order valence-electron chi connectivity index (χ2n) is 5.99. The van der Waals surface area contributed by atoms with Crippen molar-refractivity contribution in [3.8, 4) is 0 Å². The number of hydrogen-bond acceptors (Lipinski definition) is 4. The van der Waals surface area contributed by atoms with E-state index in [0.717, 1.165) is 5.56 Å². The van der Waals surface area contributed by atoms with Crippen LogP contribution in [-0.2, 0) is 20.9 Å². The van der Waals surface area contributed by atoms with Gasteiger partial charge in [-0.2, -0.15) is 0 Å². The maximum absolute atomic E-state index is 12.1. The van der Waals surface area contributed by atoms with Gasteiger partial charge in [-0.1, -0.05) is 30.3 Å². The molecule has 1 aliphatic rings. The van der Waals surface area contributed by atoms with E-state index in [4.69, 9.17) is 4.74 Å². The Hall–Kier alpha value is -2.37. The zero-order valence-corrected chi connectivity index (χ0v) is 13.2.